The van der Waals surface area contributed by atoms with Gasteiger partial charge in [0.05, 0.1) is 34.2 Å². The highest BCUT2D eigenvalue weighted by Crippen LogP contribution is 2.38. The largest absolute Gasteiger partial charge is 0.756 e. The molecule has 4 aromatic rings. The molecule has 0 aliphatic carbocycles. The maximum atomic E-state index is 12.8. The molecule has 370 valence electrons. The molecule has 0 bridgehead atoms. The van der Waals surface area contributed by atoms with E-state index in [1.807, 2.05) is 58.4 Å². The smallest absolute Gasteiger partial charge is 0.336 e. The molecule has 0 radical (unpaired) electrons. The summed E-state index contributed by atoms with van der Waals surface area (Å²) < 4.78 is 39.4. The van der Waals surface area contributed by atoms with Crippen molar-refractivity contribution in [2.75, 3.05) is 59.8 Å². The summed E-state index contributed by atoms with van der Waals surface area (Å²) in [6.07, 6.45) is 15.5. The van der Waals surface area contributed by atoms with Crippen molar-refractivity contribution in [2.24, 2.45) is 0 Å². The molecular weight excluding hydrogens is 892 g/mol. The van der Waals surface area contributed by atoms with Gasteiger partial charge in [0.25, 0.3) is 7.82 Å². The number of likely N-dealkylation sites (N-methyl/N-ethyl adjacent to an activating group) is 1. The number of rotatable bonds is 35. The number of phosphoric acid groups is 1. The molecule has 3 aromatic carbocycles. The monoisotopic (exact) mass is 966 g/mol. The summed E-state index contributed by atoms with van der Waals surface area (Å²) in [6.45, 7) is 2.14. The molecule has 0 fully saturated rings. The van der Waals surface area contributed by atoms with Gasteiger partial charge in [-0.15, -0.1) is 11.8 Å². The summed E-state index contributed by atoms with van der Waals surface area (Å²) in [4.78, 5) is 63.1. The SMILES string of the molecule is Cc1cc(=O)oc2cc(SCCCCCCCCCC(=O)OC[C@H](COP(=O)([O-])OCC[N+](C)(C)C)OC(=O)CCCCCCCCCCCNC(=O)Cc3ccc4ccccc4c3)ccc12. The van der Waals surface area contributed by atoms with Crippen molar-refractivity contribution in [2.45, 2.75) is 140 Å². The van der Waals surface area contributed by atoms with Gasteiger partial charge in [-0.3, -0.25) is 18.9 Å². The molecule has 1 N–H and O–H groups in total. The summed E-state index contributed by atoms with van der Waals surface area (Å²) in [5.74, 6) is 0.0858. The molecule has 0 saturated carbocycles. The summed E-state index contributed by atoms with van der Waals surface area (Å²) in [5.41, 5.74) is 2.22. The number of benzene rings is 3. The lowest BCUT2D eigenvalue weighted by atomic mass is 10.0. The number of hydrogen-bond acceptors (Lipinski definition) is 12. The number of ether oxygens (including phenoxy) is 2. The van der Waals surface area contributed by atoms with Crippen LogP contribution in [0.3, 0.4) is 0 Å². The van der Waals surface area contributed by atoms with Crippen LogP contribution in [0, 0.1) is 6.92 Å². The van der Waals surface area contributed by atoms with Gasteiger partial charge >= 0.3 is 17.6 Å². The molecule has 4 rings (SSSR count). The lowest BCUT2D eigenvalue weighted by molar-refractivity contribution is -0.870. The molecule has 2 atom stereocenters. The maximum absolute atomic E-state index is 12.8. The second-order valence-corrected chi connectivity index (χ2v) is 21.1. The average molecular weight is 967 g/mol. The van der Waals surface area contributed by atoms with Gasteiger partial charge in [0.15, 0.2) is 6.10 Å². The van der Waals surface area contributed by atoms with E-state index in [1.165, 1.54) is 11.5 Å². The van der Waals surface area contributed by atoms with Crippen LogP contribution in [0.15, 0.2) is 80.8 Å². The number of nitrogens with zero attached hydrogens (tertiary/aromatic N) is 1. The zero-order valence-electron chi connectivity index (χ0n) is 40.4. The Morgan fingerprint density at radius 3 is 2.04 bits per heavy atom. The minimum absolute atomic E-state index is 0.0484. The van der Waals surface area contributed by atoms with Crippen LogP contribution in [0.5, 0.6) is 0 Å². The molecule has 1 amide bonds. The standard InChI is InChI=1S/C52H75N2O11PS/c1-41-35-52(58)65-48-38-46(29-30-47(41)48)67-34-22-16-12-8-10-13-17-25-50(56)61-39-45(40-63-66(59,60)62-33-32-54(2,3)4)64-51(57)26-18-14-9-6-5-7-11-15-21-31-53-49(55)37-42-27-28-43-23-19-20-24-44(43)36-42/h19-20,23-24,27-30,35-36,38,45H,5-18,21-22,25-26,31-34,37,39-40H2,1-4H3,(H-,53,55,59,60)/t45-/m1/s1. The van der Waals surface area contributed by atoms with Crippen LogP contribution >= 0.6 is 19.6 Å². The van der Waals surface area contributed by atoms with Gasteiger partial charge in [-0.25, -0.2) is 4.79 Å². The summed E-state index contributed by atoms with van der Waals surface area (Å²) in [5, 5.41) is 6.31. The van der Waals surface area contributed by atoms with Crippen molar-refractivity contribution in [1.29, 1.82) is 0 Å². The zero-order valence-corrected chi connectivity index (χ0v) is 42.1. The van der Waals surface area contributed by atoms with Crippen molar-refractivity contribution in [3.8, 4) is 0 Å². The van der Waals surface area contributed by atoms with E-state index in [-0.39, 0.29) is 37.6 Å². The highest BCUT2D eigenvalue weighted by Gasteiger charge is 2.22. The predicted molar refractivity (Wildman–Crippen MR) is 265 cm³/mol. The highest BCUT2D eigenvalue weighted by molar-refractivity contribution is 7.99. The van der Waals surface area contributed by atoms with Gasteiger partial charge in [-0.2, -0.15) is 0 Å². The Labute approximate surface area is 402 Å². The fraction of sp³-hybridized carbons (Fsp3) is 0.577. The van der Waals surface area contributed by atoms with E-state index >= 15 is 0 Å². The lowest BCUT2D eigenvalue weighted by Gasteiger charge is -2.28. The summed E-state index contributed by atoms with van der Waals surface area (Å²) in [7, 11) is 1.05. The fourth-order valence-electron chi connectivity index (χ4n) is 7.55. The van der Waals surface area contributed by atoms with Crippen molar-refractivity contribution < 1.29 is 51.3 Å². The molecule has 1 aromatic heterocycles. The fourth-order valence-corrected chi connectivity index (χ4v) is 9.22. The summed E-state index contributed by atoms with van der Waals surface area (Å²) >= 11 is 1.76. The first kappa shape index (κ1) is 55.6. The van der Waals surface area contributed by atoms with E-state index in [0.29, 0.717) is 42.4 Å². The van der Waals surface area contributed by atoms with Crippen molar-refractivity contribution >= 4 is 59.2 Å². The number of nitrogens with one attached hydrogen (secondary N) is 1. The van der Waals surface area contributed by atoms with Crippen molar-refractivity contribution in [3.63, 3.8) is 0 Å². The number of carbonyl (C=O) groups excluding carboxylic acids is 3. The van der Waals surface area contributed by atoms with Crippen LogP contribution in [0.4, 0.5) is 0 Å². The Hall–Kier alpha value is -4.04. The summed E-state index contributed by atoms with van der Waals surface area (Å²) in [6, 6.07) is 21.8. The van der Waals surface area contributed by atoms with Crippen LogP contribution in [-0.4, -0.2) is 88.2 Å². The molecule has 0 aliphatic rings. The molecule has 0 spiro atoms. The van der Waals surface area contributed by atoms with Crippen LogP contribution in [0.1, 0.15) is 127 Å². The minimum atomic E-state index is -4.68. The molecule has 0 saturated heterocycles. The maximum Gasteiger partial charge on any atom is 0.336 e. The first-order valence-corrected chi connectivity index (χ1v) is 26.8. The Bertz CT molecular complexity index is 2230. The number of unbranched alkanes of at least 4 members (excludes halogenated alkanes) is 14. The van der Waals surface area contributed by atoms with Gasteiger partial charge < -0.3 is 37.6 Å². The van der Waals surface area contributed by atoms with Gasteiger partial charge in [0.1, 0.15) is 25.3 Å². The quantitative estimate of drug-likeness (QED) is 0.0116. The van der Waals surface area contributed by atoms with E-state index in [1.54, 1.807) is 11.8 Å². The Kier molecular flexibility index (Phi) is 25.2. The van der Waals surface area contributed by atoms with E-state index in [2.05, 4.69) is 35.6 Å². The lowest BCUT2D eigenvalue weighted by Crippen LogP contribution is -2.37. The van der Waals surface area contributed by atoms with Crippen LogP contribution in [0.2, 0.25) is 0 Å². The number of carbonyl (C=O) groups is 3. The molecule has 0 aliphatic heterocycles. The van der Waals surface area contributed by atoms with Gasteiger partial charge in [0.2, 0.25) is 5.91 Å². The minimum Gasteiger partial charge on any atom is -0.756 e. The highest BCUT2D eigenvalue weighted by atomic mass is 32.2. The number of esters is 2. The second-order valence-electron chi connectivity index (χ2n) is 18.5. The van der Waals surface area contributed by atoms with Crippen molar-refractivity contribution in [1.82, 2.24) is 5.32 Å². The van der Waals surface area contributed by atoms with Crippen molar-refractivity contribution in [3.05, 3.63) is 88.3 Å². The van der Waals surface area contributed by atoms with Gasteiger partial charge in [-0.1, -0.05) is 120 Å². The number of thioether (sulfide) groups is 1. The number of amides is 1. The number of fused-ring (bicyclic) bond motifs is 2. The van der Waals surface area contributed by atoms with Crippen LogP contribution < -0.4 is 15.8 Å². The topological polar surface area (TPSA) is 170 Å². The van der Waals surface area contributed by atoms with Gasteiger partial charge in [-0.05, 0) is 78.5 Å². The van der Waals surface area contributed by atoms with Crippen LogP contribution in [0.25, 0.3) is 21.7 Å². The first-order chi connectivity index (χ1) is 32.2. The Balaban J connectivity index is 1.02. The molecule has 13 nitrogen and oxygen atoms in total. The Morgan fingerprint density at radius 1 is 0.731 bits per heavy atom. The third-order valence-electron chi connectivity index (χ3n) is 11.4. The molecule has 1 heterocycles. The number of phosphoric ester groups is 1. The Morgan fingerprint density at radius 2 is 1.36 bits per heavy atom. The van der Waals surface area contributed by atoms with E-state index in [4.69, 9.17) is 22.9 Å². The second kappa shape index (κ2) is 30.4. The van der Waals surface area contributed by atoms with Crippen LogP contribution in [-0.2, 0) is 43.9 Å². The molecule has 1 unspecified atom stereocenters. The average Bonchev–Trinajstić information content (AvgIpc) is 3.27. The van der Waals surface area contributed by atoms with Gasteiger partial charge in [0, 0.05) is 35.7 Å². The van der Waals surface area contributed by atoms with E-state index < -0.39 is 32.5 Å². The molecule has 67 heavy (non-hydrogen) atoms. The van der Waals surface area contributed by atoms with E-state index in [9.17, 15) is 28.6 Å². The molecular formula is C52H75N2O11PS. The number of hydrogen-bond donors (Lipinski definition) is 1. The number of quaternary nitrogens is 1. The molecule has 15 heteroatoms. The first-order valence-electron chi connectivity index (χ1n) is 24.3. The number of aryl methyl sites for hydroxylation is 1. The van der Waals surface area contributed by atoms with E-state index in [0.717, 1.165) is 122 Å². The predicted octanol–water partition coefficient (Wildman–Crippen LogP) is 10.4. The third-order valence-corrected chi connectivity index (χ3v) is 13.5. The normalized spacial score (nSPS) is 13.1. The zero-order chi connectivity index (χ0) is 48.3. The third kappa shape index (κ3) is 24.2.